The third kappa shape index (κ3) is 15.7. The summed E-state index contributed by atoms with van der Waals surface area (Å²) in [7, 11) is 0. The summed E-state index contributed by atoms with van der Waals surface area (Å²) < 4.78 is 1.75. The van der Waals surface area contributed by atoms with Gasteiger partial charge in [-0.2, -0.15) is 0 Å². The summed E-state index contributed by atoms with van der Waals surface area (Å²) >= 11 is 1.43. The summed E-state index contributed by atoms with van der Waals surface area (Å²) in [6.45, 7) is 0. The topological polar surface area (TPSA) is 23.8 Å². The standard InChI is InChI=1S/CN.Co.Ti/c1-2;;. The van der Waals surface area contributed by atoms with Crippen LogP contribution in [0.1, 0.15) is 0 Å². The number of nitrogens with zero attached hydrogens (tertiary/aromatic N) is 1. The Morgan fingerprint density at radius 1 is 1.75 bits per heavy atom. The van der Waals surface area contributed by atoms with Gasteiger partial charge in [0.2, 0.25) is 0 Å². The largest absolute Gasteiger partial charge is 0 e. The van der Waals surface area contributed by atoms with Gasteiger partial charge in [-0.15, -0.1) is 0 Å². The number of rotatable bonds is 0. The summed E-state index contributed by atoms with van der Waals surface area (Å²) in [5.74, 6) is 0. The molecule has 0 bridgehead atoms. The van der Waals surface area contributed by atoms with Gasteiger partial charge in [0.15, 0.2) is 0 Å². The fraction of sp³-hybridized carbons (Fsp3) is 0. The SMILES string of the molecule is N#[C][Ti].[Co]. The summed E-state index contributed by atoms with van der Waals surface area (Å²) in [4.78, 5) is 0. The molecule has 0 aliphatic carbocycles. The Morgan fingerprint density at radius 2 is 1.75 bits per heavy atom. The van der Waals surface area contributed by atoms with Crippen molar-refractivity contribution < 1.29 is 37.2 Å². The maximum absolute atomic E-state index is 7.32. The van der Waals surface area contributed by atoms with E-state index in [1.807, 2.05) is 0 Å². The number of nitriles is 1. The van der Waals surface area contributed by atoms with Crippen LogP contribution in [-0.4, -0.2) is 0 Å². The molecular weight excluding hydrogens is 133 g/mol. The van der Waals surface area contributed by atoms with Crippen LogP contribution in [0.2, 0.25) is 0 Å². The van der Waals surface area contributed by atoms with Gasteiger partial charge < -0.3 is 0 Å². The quantitative estimate of drug-likeness (QED) is 0.427. The molecule has 4 heavy (non-hydrogen) atoms. The zero-order valence-electron chi connectivity index (χ0n) is 1.78. The molecule has 0 aromatic rings. The van der Waals surface area contributed by atoms with Crippen molar-refractivity contribution in [1.82, 2.24) is 0 Å². The molecular formula is CCoNTi. The van der Waals surface area contributed by atoms with Crippen molar-refractivity contribution in [2.75, 3.05) is 0 Å². The van der Waals surface area contributed by atoms with Crippen LogP contribution in [0.15, 0.2) is 0 Å². The van der Waals surface area contributed by atoms with Crippen molar-refractivity contribution in [2.24, 2.45) is 0 Å². The van der Waals surface area contributed by atoms with Crippen LogP contribution in [0, 0.1) is 9.64 Å². The Morgan fingerprint density at radius 3 is 1.75 bits per heavy atom. The van der Waals surface area contributed by atoms with Gasteiger partial charge in [0.25, 0.3) is 0 Å². The van der Waals surface area contributed by atoms with Crippen LogP contribution < -0.4 is 0 Å². The number of hydrogen-bond acceptors (Lipinski definition) is 1. The van der Waals surface area contributed by atoms with Crippen LogP contribution in [0.4, 0.5) is 0 Å². The van der Waals surface area contributed by atoms with Gasteiger partial charge in [-0.05, 0) is 0 Å². The predicted octanol–water partition coefficient (Wildman–Crippen LogP) is 0.0118. The molecule has 0 saturated heterocycles. The predicted molar refractivity (Wildman–Crippen MR) is 5.61 cm³/mol. The average molecular weight is 133 g/mol. The zero-order chi connectivity index (χ0) is 2.71. The maximum atomic E-state index is 7.32. The van der Waals surface area contributed by atoms with E-state index < -0.39 is 0 Å². The first-order valence-corrected chi connectivity index (χ1v) is 1.25. The molecule has 0 heterocycles. The van der Waals surface area contributed by atoms with Crippen molar-refractivity contribution in [3.8, 4) is 4.37 Å². The monoisotopic (exact) mass is 133 g/mol. The molecule has 0 aliphatic rings. The van der Waals surface area contributed by atoms with E-state index in [9.17, 15) is 0 Å². The number of hydrogen-bond donors (Lipinski definition) is 0. The van der Waals surface area contributed by atoms with E-state index in [1.165, 1.54) is 20.4 Å². The Kier molecular flexibility index (Phi) is 20.6. The summed E-state index contributed by atoms with van der Waals surface area (Å²) in [6.07, 6.45) is 0. The molecule has 0 amide bonds. The molecule has 0 fully saturated rings. The van der Waals surface area contributed by atoms with Gasteiger partial charge in [-0.25, -0.2) is 0 Å². The van der Waals surface area contributed by atoms with E-state index in [-0.39, 0.29) is 16.8 Å². The first-order valence-electron chi connectivity index (χ1n) is 0.474. The molecule has 0 N–H and O–H groups in total. The summed E-state index contributed by atoms with van der Waals surface area (Å²) in [5.41, 5.74) is 0. The fourth-order valence-electron chi connectivity index (χ4n) is 0. The van der Waals surface area contributed by atoms with Crippen molar-refractivity contribution >= 4 is 0 Å². The minimum absolute atomic E-state index is 0. The first kappa shape index (κ1) is 8.83. The maximum Gasteiger partial charge on any atom is 0 e. The molecule has 0 spiro atoms. The summed E-state index contributed by atoms with van der Waals surface area (Å²) in [6, 6.07) is 0. The van der Waals surface area contributed by atoms with Crippen molar-refractivity contribution in [3.05, 3.63) is 0 Å². The van der Waals surface area contributed by atoms with E-state index in [2.05, 4.69) is 0 Å². The Labute approximate surface area is 47.0 Å². The second-order valence-corrected chi connectivity index (χ2v) is 0.461. The molecule has 0 unspecified atom stereocenters. The third-order valence-electron chi connectivity index (χ3n) is 0. The van der Waals surface area contributed by atoms with Crippen LogP contribution in [-0.2, 0) is 37.2 Å². The Hall–Kier alpha value is 0.711. The van der Waals surface area contributed by atoms with Crippen LogP contribution in [0.25, 0.3) is 0 Å². The smallest absolute Gasteiger partial charge is 0 e. The van der Waals surface area contributed by atoms with Gasteiger partial charge in [0.05, 0.1) is 0 Å². The van der Waals surface area contributed by atoms with Crippen LogP contribution in [0.3, 0.4) is 0 Å². The van der Waals surface area contributed by atoms with E-state index in [1.54, 1.807) is 4.37 Å². The first-order chi connectivity index (χ1) is 1.41. The molecule has 22 valence electrons. The third-order valence-corrected chi connectivity index (χ3v) is 0. The molecule has 0 aromatic carbocycles. The van der Waals surface area contributed by atoms with Gasteiger partial charge >= 0.3 is 30.1 Å². The average Bonchev–Trinajstić information content (AvgIpc) is 0.918. The minimum atomic E-state index is 0. The van der Waals surface area contributed by atoms with Gasteiger partial charge in [0.1, 0.15) is 0 Å². The van der Waals surface area contributed by atoms with Gasteiger partial charge in [-0.1, -0.05) is 0 Å². The van der Waals surface area contributed by atoms with Crippen LogP contribution >= 0.6 is 0 Å². The minimum Gasteiger partial charge on any atom is 0 e. The second kappa shape index (κ2) is 9.32. The Balaban J connectivity index is 0. The van der Waals surface area contributed by atoms with E-state index in [0.717, 1.165) is 0 Å². The zero-order valence-corrected chi connectivity index (χ0v) is 4.38. The molecule has 0 rings (SSSR count). The molecule has 0 saturated carbocycles. The van der Waals surface area contributed by atoms with Gasteiger partial charge in [-0.3, -0.25) is 0 Å². The molecule has 3 heteroatoms. The Bertz CT molecular complexity index is 29.5. The van der Waals surface area contributed by atoms with E-state index in [4.69, 9.17) is 5.26 Å². The second-order valence-electron chi connectivity index (χ2n) is 0.112. The molecule has 1 nitrogen and oxygen atoms in total. The molecule has 0 atom stereocenters. The van der Waals surface area contributed by atoms with Crippen molar-refractivity contribution in [1.29, 1.82) is 5.26 Å². The van der Waals surface area contributed by atoms with Crippen molar-refractivity contribution in [3.63, 3.8) is 0 Å². The van der Waals surface area contributed by atoms with Gasteiger partial charge in [0, 0.05) is 16.8 Å². The van der Waals surface area contributed by atoms with Crippen molar-refractivity contribution in [2.45, 2.75) is 0 Å². The normalized spacial score (nSPS) is 1.50. The molecule has 0 aliphatic heterocycles. The molecule has 0 aromatic heterocycles. The van der Waals surface area contributed by atoms with Crippen LogP contribution in [0.5, 0.6) is 0 Å². The van der Waals surface area contributed by atoms with E-state index >= 15 is 0 Å². The fourth-order valence-corrected chi connectivity index (χ4v) is 0. The summed E-state index contributed by atoms with van der Waals surface area (Å²) in [5, 5.41) is 7.32. The van der Waals surface area contributed by atoms with E-state index in [0.29, 0.717) is 0 Å². The molecule has 1 radical (unpaired) electrons.